The van der Waals surface area contributed by atoms with E-state index in [-0.39, 0.29) is 23.7 Å². The number of nitrogens with zero attached hydrogens (tertiary/aromatic N) is 1. The number of hydrogen-bond acceptors (Lipinski definition) is 3. The van der Waals surface area contributed by atoms with Gasteiger partial charge in [-0.25, -0.2) is 4.79 Å². The molecule has 0 fully saturated rings. The van der Waals surface area contributed by atoms with Gasteiger partial charge in [0.1, 0.15) is 5.69 Å². The number of nitrogens with one attached hydrogen (secondary N) is 1. The number of hydrogen-bond donors (Lipinski definition) is 2. The highest BCUT2D eigenvalue weighted by molar-refractivity contribution is 9.10. The van der Waals surface area contributed by atoms with Crippen LogP contribution in [-0.4, -0.2) is 28.6 Å². The fourth-order valence-corrected chi connectivity index (χ4v) is 4.14. The third-order valence-electron chi connectivity index (χ3n) is 5.28. The number of amides is 1. The molecule has 0 bridgehead atoms. The standard InChI is InChI=1S/C25H19BrN2O4/c1-27-23(29)17-9-7-15(8-10-17)14-28-22(25(31)32)21(16-5-3-2-4-6-16)20-13-18(26)11-12-19(20)24(28)30/h2-13H,14H2,1H3,(H,27,29)(H,31,32). The number of carboxylic acid groups (broad SMARTS) is 1. The highest BCUT2D eigenvalue weighted by Gasteiger charge is 2.23. The fraction of sp³-hybridized carbons (Fsp3) is 0.0800. The number of benzene rings is 3. The first-order valence-electron chi connectivity index (χ1n) is 9.86. The summed E-state index contributed by atoms with van der Waals surface area (Å²) in [4.78, 5) is 37.6. The molecule has 1 heterocycles. The third kappa shape index (κ3) is 3.94. The number of carboxylic acids is 1. The van der Waals surface area contributed by atoms with Crippen molar-refractivity contribution < 1.29 is 14.7 Å². The maximum atomic E-state index is 13.4. The van der Waals surface area contributed by atoms with Gasteiger partial charge in [0.05, 0.1) is 6.54 Å². The highest BCUT2D eigenvalue weighted by Crippen LogP contribution is 2.32. The van der Waals surface area contributed by atoms with Crippen molar-refractivity contribution in [1.82, 2.24) is 9.88 Å². The fourth-order valence-electron chi connectivity index (χ4n) is 3.78. The molecule has 7 heteroatoms. The van der Waals surface area contributed by atoms with Crippen molar-refractivity contribution in [3.05, 3.63) is 104 Å². The number of aromatic nitrogens is 1. The second-order valence-corrected chi connectivity index (χ2v) is 8.17. The van der Waals surface area contributed by atoms with Gasteiger partial charge in [0, 0.05) is 28.0 Å². The molecule has 3 aromatic carbocycles. The van der Waals surface area contributed by atoms with Gasteiger partial charge in [-0.15, -0.1) is 0 Å². The van der Waals surface area contributed by atoms with Gasteiger partial charge in [0.15, 0.2) is 0 Å². The van der Waals surface area contributed by atoms with Gasteiger partial charge >= 0.3 is 5.97 Å². The normalized spacial score (nSPS) is 10.8. The summed E-state index contributed by atoms with van der Waals surface area (Å²) in [6.07, 6.45) is 0. The van der Waals surface area contributed by atoms with Crippen molar-refractivity contribution in [3.8, 4) is 11.1 Å². The van der Waals surface area contributed by atoms with Crippen LogP contribution in [0, 0.1) is 0 Å². The van der Waals surface area contributed by atoms with Crippen molar-refractivity contribution in [2.45, 2.75) is 6.54 Å². The summed E-state index contributed by atoms with van der Waals surface area (Å²) in [5.41, 5.74) is 1.91. The van der Waals surface area contributed by atoms with Crippen molar-refractivity contribution in [2.24, 2.45) is 0 Å². The lowest BCUT2D eigenvalue weighted by molar-refractivity contribution is 0.0685. The molecule has 0 saturated carbocycles. The zero-order valence-electron chi connectivity index (χ0n) is 17.1. The monoisotopic (exact) mass is 490 g/mol. The number of halogens is 1. The van der Waals surface area contributed by atoms with Gasteiger partial charge in [0.2, 0.25) is 0 Å². The number of carbonyl (C=O) groups is 2. The molecule has 32 heavy (non-hydrogen) atoms. The minimum Gasteiger partial charge on any atom is -0.477 e. The minimum atomic E-state index is -1.19. The van der Waals surface area contributed by atoms with Gasteiger partial charge in [-0.05, 0) is 46.8 Å². The smallest absolute Gasteiger partial charge is 0.353 e. The second-order valence-electron chi connectivity index (χ2n) is 7.25. The van der Waals surface area contributed by atoms with Crippen LogP contribution in [0.3, 0.4) is 0 Å². The molecule has 0 aliphatic carbocycles. The van der Waals surface area contributed by atoms with E-state index in [1.807, 2.05) is 30.3 Å². The number of carbonyl (C=O) groups excluding carboxylic acids is 1. The Morgan fingerprint density at radius 1 is 0.969 bits per heavy atom. The molecule has 0 radical (unpaired) electrons. The quantitative estimate of drug-likeness (QED) is 0.429. The molecule has 0 aliphatic rings. The Labute approximate surface area is 192 Å². The Hall–Kier alpha value is -3.71. The van der Waals surface area contributed by atoms with Gasteiger partial charge in [0.25, 0.3) is 11.5 Å². The van der Waals surface area contributed by atoms with E-state index in [1.54, 1.807) is 49.5 Å². The largest absolute Gasteiger partial charge is 0.477 e. The predicted octanol–water partition coefficient (Wildman–Crippen LogP) is 4.54. The minimum absolute atomic E-state index is 0.0559. The summed E-state index contributed by atoms with van der Waals surface area (Å²) in [5.74, 6) is -1.41. The van der Waals surface area contributed by atoms with Crippen molar-refractivity contribution in [2.75, 3.05) is 7.05 Å². The molecule has 6 nitrogen and oxygen atoms in total. The number of fused-ring (bicyclic) bond motifs is 1. The number of rotatable bonds is 5. The maximum Gasteiger partial charge on any atom is 0.353 e. The van der Waals surface area contributed by atoms with Crippen LogP contribution in [0.15, 0.2) is 82.1 Å². The van der Waals surface area contributed by atoms with Gasteiger partial charge in [-0.1, -0.05) is 58.4 Å². The molecule has 2 N–H and O–H groups in total. The second kappa shape index (κ2) is 8.80. The van der Waals surface area contributed by atoms with E-state index < -0.39 is 5.97 Å². The molecule has 4 aromatic rings. The molecule has 160 valence electrons. The topological polar surface area (TPSA) is 88.4 Å². The van der Waals surface area contributed by atoms with E-state index >= 15 is 0 Å². The molecular weight excluding hydrogens is 472 g/mol. The van der Waals surface area contributed by atoms with E-state index in [0.29, 0.717) is 33.0 Å². The average molecular weight is 491 g/mol. The Balaban J connectivity index is 1.98. The SMILES string of the molecule is CNC(=O)c1ccc(Cn2c(C(=O)O)c(-c3ccccc3)c3cc(Br)ccc3c2=O)cc1. The Morgan fingerprint density at radius 3 is 2.28 bits per heavy atom. The van der Waals surface area contributed by atoms with Crippen LogP contribution in [0.25, 0.3) is 21.9 Å². The number of pyridine rings is 1. The molecule has 0 spiro atoms. The van der Waals surface area contributed by atoms with Crippen LogP contribution in [0.4, 0.5) is 0 Å². The summed E-state index contributed by atoms with van der Waals surface area (Å²) in [5, 5.41) is 13.7. The van der Waals surface area contributed by atoms with Crippen molar-refractivity contribution in [3.63, 3.8) is 0 Å². The lowest BCUT2D eigenvalue weighted by Gasteiger charge is -2.18. The van der Waals surface area contributed by atoms with Crippen LogP contribution in [0.5, 0.6) is 0 Å². The molecule has 0 aliphatic heterocycles. The molecule has 1 aromatic heterocycles. The van der Waals surface area contributed by atoms with Crippen LogP contribution in [-0.2, 0) is 6.54 Å². The predicted molar refractivity (Wildman–Crippen MR) is 127 cm³/mol. The Morgan fingerprint density at radius 2 is 1.66 bits per heavy atom. The highest BCUT2D eigenvalue weighted by atomic mass is 79.9. The van der Waals surface area contributed by atoms with E-state index in [0.717, 1.165) is 4.47 Å². The summed E-state index contributed by atoms with van der Waals surface area (Å²) >= 11 is 3.43. The van der Waals surface area contributed by atoms with Gasteiger partial charge in [-0.3, -0.25) is 14.2 Å². The molecule has 0 atom stereocenters. The number of aromatic carboxylic acids is 1. The summed E-state index contributed by atoms with van der Waals surface area (Å²) in [7, 11) is 1.55. The van der Waals surface area contributed by atoms with E-state index in [9.17, 15) is 19.5 Å². The lowest BCUT2D eigenvalue weighted by Crippen LogP contribution is -2.28. The average Bonchev–Trinajstić information content (AvgIpc) is 2.80. The van der Waals surface area contributed by atoms with Crippen LogP contribution >= 0.6 is 15.9 Å². The van der Waals surface area contributed by atoms with E-state index in [4.69, 9.17) is 0 Å². The van der Waals surface area contributed by atoms with Crippen molar-refractivity contribution >= 4 is 38.6 Å². The van der Waals surface area contributed by atoms with Crippen LogP contribution < -0.4 is 10.9 Å². The zero-order chi connectivity index (χ0) is 22.8. The van der Waals surface area contributed by atoms with Crippen LogP contribution in [0.1, 0.15) is 26.4 Å². The Bertz CT molecular complexity index is 1390. The maximum absolute atomic E-state index is 13.4. The molecule has 4 rings (SSSR count). The third-order valence-corrected chi connectivity index (χ3v) is 5.78. The summed E-state index contributed by atoms with van der Waals surface area (Å²) in [6, 6.07) is 21.1. The molecular formula is C25H19BrN2O4. The summed E-state index contributed by atoms with van der Waals surface area (Å²) < 4.78 is 2.04. The van der Waals surface area contributed by atoms with E-state index in [2.05, 4.69) is 21.2 Å². The molecule has 1 amide bonds. The molecule has 0 unspecified atom stereocenters. The molecule has 0 saturated heterocycles. The zero-order valence-corrected chi connectivity index (χ0v) is 18.7. The Kier molecular flexibility index (Phi) is 5.92. The summed E-state index contributed by atoms with van der Waals surface area (Å²) in [6.45, 7) is 0.0559. The first-order valence-corrected chi connectivity index (χ1v) is 10.7. The first-order chi connectivity index (χ1) is 15.4. The van der Waals surface area contributed by atoms with Gasteiger partial charge in [-0.2, -0.15) is 0 Å². The first kappa shape index (κ1) is 21.5. The lowest BCUT2D eigenvalue weighted by atomic mass is 9.96. The van der Waals surface area contributed by atoms with Gasteiger partial charge < -0.3 is 10.4 Å². The van der Waals surface area contributed by atoms with E-state index in [1.165, 1.54) is 4.57 Å². The van der Waals surface area contributed by atoms with Crippen LogP contribution in [0.2, 0.25) is 0 Å². The van der Waals surface area contributed by atoms with Crippen molar-refractivity contribution in [1.29, 1.82) is 0 Å².